The quantitative estimate of drug-likeness (QED) is 0.838. The first kappa shape index (κ1) is 11.0. The Morgan fingerprint density at radius 3 is 3.22 bits per heavy atom. The zero-order chi connectivity index (χ0) is 12.4. The van der Waals surface area contributed by atoms with E-state index in [2.05, 4.69) is 27.7 Å². The maximum Gasteiger partial charge on any atom is 0.235 e. The summed E-state index contributed by atoms with van der Waals surface area (Å²) in [5, 5.41) is 10.8. The van der Waals surface area contributed by atoms with Crippen LogP contribution in [0.1, 0.15) is 19.3 Å². The van der Waals surface area contributed by atoms with Gasteiger partial charge in [0.25, 0.3) is 0 Å². The van der Waals surface area contributed by atoms with Crippen molar-refractivity contribution in [3.8, 4) is 0 Å². The monoisotopic (exact) mass is 242 g/mol. The number of carbonyl (C=O) groups is 1. The average Bonchev–Trinajstić information content (AvgIpc) is 3.00. The van der Waals surface area contributed by atoms with Gasteiger partial charge in [-0.2, -0.15) is 0 Å². The Bertz CT molecular complexity index is 602. The summed E-state index contributed by atoms with van der Waals surface area (Å²) in [6.07, 6.45) is 8.73. The van der Waals surface area contributed by atoms with Crippen LogP contribution < -0.4 is 5.32 Å². The summed E-state index contributed by atoms with van der Waals surface area (Å²) in [4.78, 5) is 11.9. The number of rotatable bonds is 3. The largest absolute Gasteiger partial charge is 0.294 e. The molecule has 18 heavy (non-hydrogen) atoms. The lowest BCUT2D eigenvalue weighted by Gasteiger charge is -2.07. The number of hydrogen-bond acceptors (Lipinski definition) is 3. The standard InChI is InChI=1S/C13H14N4O/c18-12(9-10-5-1-2-6-10)14-13-16-15-11-7-3-4-8-17(11)13/h1,3-5,7-8,10H,2,6,9H2,(H,14,16,18)/t10-/m0/s1. The number of carbonyl (C=O) groups excluding carboxylic acids is 1. The second-order valence-electron chi connectivity index (χ2n) is 4.47. The summed E-state index contributed by atoms with van der Waals surface area (Å²) in [6.45, 7) is 0. The van der Waals surface area contributed by atoms with Crippen LogP contribution in [0, 0.1) is 5.92 Å². The second kappa shape index (κ2) is 4.60. The van der Waals surface area contributed by atoms with E-state index in [-0.39, 0.29) is 5.91 Å². The van der Waals surface area contributed by atoms with Gasteiger partial charge < -0.3 is 0 Å². The second-order valence-corrected chi connectivity index (χ2v) is 4.47. The topological polar surface area (TPSA) is 59.3 Å². The van der Waals surface area contributed by atoms with Crippen LogP contribution in [-0.2, 0) is 4.79 Å². The summed E-state index contributed by atoms with van der Waals surface area (Å²) in [5.41, 5.74) is 0.730. The van der Waals surface area contributed by atoms with Crippen molar-refractivity contribution in [3.05, 3.63) is 36.5 Å². The number of nitrogens with zero attached hydrogens (tertiary/aromatic N) is 3. The molecular formula is C13H14N4O. The van der Waals surface area contributed by atoms with Gasteiger partial charge in [0.15, 0.2) is 5.65 Å². The van der Waals surface area contributed by atoms with Crippen molar-refractivity contribution in [3.63, 3.8) is 0 Å². The first-order valence-corrected chi connectivity index (χ1v) is 6.09. The molecule has 1 atom stereocenters. The van der Waals surface area contributed by atoms with E-state index < -0.39 is 0 Å². The molecule has 1 amide bonds. The minimum Gasteiger partial charge on any atom is -0.294 e. The van der Waals surface area contributed by atoms with Crippen LogP contribution in [0.3, 0.4) is 0 Å². The van der Waals surface area contributed by atoms with Crippen molar-refractivity contribution in [2.45, 2.75) is 19.3 Å². The van der Waals surface area contributed by atoms with Crippen molar-refractivity contribution < 1.29 is 4.79 Å². The highest BCUT2D eigenvalue weighted by molar-refractivity contribution is 5.89. The third-order valence-corrected chi connectivity index (χ3v) is 3.12. The molecule has 0 bridgehead atoms. The van der Waals surface area contributed by atoms with Gasteiger partial charge in [0.1, 0.15) is 0 Å². The minimum absolute atomic E-state index is 0.00953. The molecule has 0 aromatic carbocycles. The maximum absolute atomic E-state index is 11.9. The molecule has 0 unspecified atom stereocenters. The summed E-state index contributed by atoms with van der Waals surface area (Å²) in [6, 6.07) is 5.62. The molecular weight excluding hydrogens is 228 g/mol. The van der Waals surface area contributed by atoms with E-state index in [4.69, 9.17) is 0 Å². The molecule has 5 nitrogen and oxygen atoms in total. The molecule has 3 rings (SSSR count). The van der Waals surface area contributed by atoms with Crippen molar-refractivity contribution in [1.82, 2.24) is 14.6 Å². The van der Waals surface area contributed by atoms with E-state index in [0.29, 0.717) is 18.3 Å². The Morgan fingerprint density at radius 1 is 1.44 bits per heavy atom. The SMILES string of the molecule is O=C(C[C@H]1C=CCC1)Nc1nnc2ccccn12. The molecule has 1 aliphatic carbocycles. The lowest BCUT2D eigenvalue weighted by molar-refractivity contribution is -0.116. The van der Waals surface area contributed by atoms with Gasteiger partial charge in [0.05, 0.1) is 0 Å². The van der Waals surface area contributed by atoms with E-state index in [1.165, 1.54) is 0 Å². The van der Waals surface area contributed by atoms with Crippen LogP contribution in [0.25, 0.3) is 5.65 Å². The Balaban J connectivity index is 1.72. The van der Waals surface area contributed by atoms with E-state index in [9.17, 15) is 4.79 Å². The Hall–Kier alpha value is -2.17. The number of nitrogens with one attached hydrogen (secondary N) is 1. The third kappa shape index (κ3) is 2.11. The first-order chi connectivity index (χ1) is 8.83. The smallest absolute Gasteiger partial charge is 0.235 e. The van der Waals surface area contributed by atoms with E-state index >= 15 is 0 Å². The van der Waals surface area contributed by atoms with Gasteiger partial charge in [-0.1, -0.05) is 18.2 Å². The van der Waals surface area contributed by atoms with Gasteiger partial charge in [-0.3, -0.25) is 14.5 Å². The van der Waals surface area contributed by atoms with Crippen molar-refractivity contribution in [2.75, 3.05) is 5.32 Å². The zero-order valence-corrected chi connectivity index (χ0v) is 9.91. The molecule has 0 spiro atoms. The summed E-state index contributed by atoms with van der Waals surface area (Å²) in [7, 11) is 0. The molecule has 1 N–H and O–H groups in total. The summed E-state index contributed by atoms with van der Waals surface area (Å²) < 4.78 is 1.77. The number of anilines is 1. The molecule has 5 heteroatoms. The zero-order valence-electron chi connectivity index (χ0n) is 9.91. The number of aromatic nitrogens is 3. The molecule has 2 aromatic heterocycles. The number of hydrogen-bond donors (Lipinski definition) is 1. The van der Waals surface area contributed by atoms with Crippen molar-refractivity contribution in [2.24, 2.45) is 5.92 Å². The van der Waals surface area contributed by atoms with Gasteiger partial charge in [-0.05, 0) is 30.9 Å². The average molecular weight is 242 g/mol. The van der Waals surface area contributed by atoms with Crippen molar-refractivity contribution in [1.29, 1.82) is 0 Å². The normalized spacial score (nSPS) is 18.3. The fourth-order valence-corrected chi connectivity index (χ4v) is 2.21. The molecule has 2 heterocycles. The van der Waals surface area contributed by atoms with Crippen LogP contribution in [0.2, 0.25) is 0 Å². The predicted molar refractivity (Wildman–Crippen MR) is 68.1 cm³/mol. The highest BCUT2D eigenvalue weighted by Gasteiger charge is 2.15. The highest BCUT2D eigenvalue weighted by Crippen LogP contribution is 2.20. The maximum atomic E-state index is 11.9. The van der Waals surface area contributed by atoms with Gasteiger partial charge in [-0.25, -0.2) is 0 Å². The first-order valence-electron chi connectivity index (χ1n) is 6.09. The highest BCUT2D eigenvalue weighted by atomic mass is 16.1. The lowest BCUT2D eigenvalue weighted by Crippen LogP contribution is -2.16. The minimum atomic E-state index is -0.00953. The van der Waals surface area contributed by atoms with Crippen LogP contribution in [0.15, 0.2) is 36.5 Å². The van der Waals surface area contributed by atoms with Gasteiger partial charge in [0.2, 0.25) is 11.9 Å². The molecule has 92 valence electrons. The van der Waals surface area contributed by atoms with Gasteiger partial charge in [0, 0.05) is 12.6 Å². The van der Waals surface area contributed by atoms with Crippen LogP contribution in [0.5, 0.6) is 0 Å². The molecule has 0 radical (unpaired) electrons. The van der Waals surface area contributed by atoms with Crippen LogP contribution >= 0.6 is 0 Å². The number of allylic oxidation sites excluding steroid dienone is 2. The lowest BCUT2D eigenvalue weighted by atomic mass is 10.1. The number of amides is 1. The fraction of sp³-hybridized carbons (Fsp3) is 0.308. The fourth-order valence-electron chi connectivity index (χ4n) is 2.21. The Kier molecular flexibility index (Phi) is 2.80. The summed E-state index contributed by atoms with van der Waals surface area (Å²) in [5.74, 6) is 0.839. The molecule has 0 aliphatic heterocycles. The van der Waals surface area contributed by atoms with Gasteiger partial charge in [-0.15, -0.1) is 10.2 Å². The van der Waals surface area contributed by atoms with E-state index in [1.807, 2.05) is 24.4 Å². The van der Waals surface area contributed by atoms with Crippen molar-refractivity contribution >= 4 is 17.5 Å². The van der Waals surface area contributed by atoms with Gasteiger partial charge >= 0.3 is 0 Å². The molecule has 0 saturated heterocycles. The van der Waals surface area contributed by atoms with E-state index in [1.54, 1.807) is 4.40 Å². The molecule has 1 aliphatic rings. The molecule has 0 fully saturated rings. The molecule has 2 aromatic rings. The third-order valence-electron chi connectivity index (χ3n) is 3.12. The number of pyridine rings is 1. The Labute approximate surface area is 105 Å². The number of fused-ring (bicyclic) bond motifs is 1. The van der Waals surface area contributed by atoms with Crippen LogP contribution in [0.4, 0.5) is 5.95 Å². The van der Waals surface area contributed by atoms with Crippen LogP contribution in [-0.4, -0.2) is 20.5 Å². The van der Waals surface area contributed by atoms with E-state index in [0.717, 1.165) is 18.5 Å². The Morgan fingerprint density at radius 2 is 2.39 bits per heavy atom. The molecule has 0 saturated carbocycles. The predicted octanol–water partition coefficient (Wildman–Crippen LogP) is 2.02. The summed E-state index contributed by atoms with van der Waals surface area (Å²) >= 11 is 0.